The van der Waals surface area contributed by atoms with E-state index in [9.17, 15) is 4.79 Å². The lowest BCUT2D eigenvalue weighted by molar-refractivity contribution is 0.104. The van der Waals surface area contributed by atoms with Crippen molar-refractivity contribution >= 4 is 54.7 Å². The van der Waals surface area contributed by atoms with Crippen LogP contribution in [0.25, 0.3) is 0 Å². The molecular weight excluding hydrogens is 394 g/mol. The van der Waals surface area contributed by atoms with Crippen molar-refractivity contribution in [3.05, 3.63) is 43.0 Å². The first-order valence-corrected chi connectivity index (χ1v) is 7.95. The molecule has 3 nitrogen and oxygen atoms in total. The van der Waals surface area contributed by atoms with Crippen molar-refractivity contribution in [2.75, 3.05) is 12.3 Å². The molecule has 0 amide bonds. The molecule has 100 valence electrons. The van der Waals surface area contributed by atoms with Gasteiger partial charge in [0.15, 0.2) is 0 Å². The molecule has 6 heteroatoms. The van der Waals surface area contributed by atoms with Crippen molar-refractivity contribution in [3.63, 3.8) is 0 Å². The summed E-state index contributed by atoms with van der Waals surface area (Å²) in [4.78, 5) is 13.0. The summed E-state index contributed by atoms with van der Waals surface area (Å²) < 4.78 is 7.12. The molecule has 2 rings (SSSR count). The maximum absolute atomic E-state index is 12.3. The van der Waals surface area contributed by atoms with Crippen LogP contribution in [0.15, 0.2) is 32.5 Å². The zero-order valence-corrected chi connectivity index (χ0v) is 14.1. The monoisotopic (exact) mass is 403 g/mol. The number of nitrogen functional groups attached to an aromatic ring is 1. The Labute approximate surface area is 132 Å². The summed E-state index contributed by atoms with van der Waals surface area (Å²) in [7, 11) is 0. The van der Waals surface area contributed by atoms with Crippen molar-refractivity contribution < 1.29 is 9.53 Å². The average molecular weight is 405 g/mol. The first kappa shape index (κ1) is 14.6. The number of carbonyl (C=O) groups is 1. The summed E-state index contributed by atoms with van der Waals surface area (Å²) in [5.74, 6) is 0.554. The Balaban J connectivity index is 2.31. The highest BCUT2D eigenvalue weighted by Gasteiger charge is 2.15. The largest absolute Gasteiger partial charge is 0.492 e. The molecule has 0 saturated heterocycles. The van der Waals surface area contributed by atoms with Crippen molar-refractivity contribution in [1.82, 2.24) is 0 Å². The van der Waals surface area contributed by atoms with E-state index < -0.39 is 0 Å². The standard InChI is InChI=1S/C13H11Br2NO2S/c1-2-18-10-4-3-7(5-9(10)16)12(17)11-6-8(14)13(15)19-11/h3-6H,2,16H2,1H3. The summed E-state index contributed by atoms with van der Waals surface area (Å²) in [5.41, 5.74) is 6.90. The Morgan fingerprint density at radius 3 is 2.63 bits per heavy atom. The third kappa shape index (κ3) is 3.19. The molecule has 0 aliphatic carbocycles. The maximum atomic E-state index is 12.3. The predicted octanol–water partition coefficient (Wildman–Crippen LogP) is 4.49. The van der Waals surface area contributed by atoms with Crippen molar-refractivity contribution in [1.29, 1.82) is 0 Å². The molecule has 0 saturated carbocycles. The van der Waals surface area contributed by atoms with E-state index in [0.717, 1.165) is 8.26 Å². The second-order valence-electron chi connectivity index (χ2n) is 3.75. The van der Waals surface area contributed by atoms with Crippen LogP contribution in [-0.4, -0.2) is 12.4 Å². The summed E-state index contributed by atoms with van der Waals surface area (Å²) in [6.45, 7) is 2.43. The smallest absolute Gasteiger partial charge is 0.203 e. The summed E-state index contributed by atoms with van der Waals surface area (Å²) in [5, 5.41) is 0. The fourth-order valence-corrected chi connectivity index (χ4v) is 3.58. The van der Waals surface area contributed by atoms with Gasteiger partial charge in [0.25, 0.3) is 0 Å². The molecule has 0 fully saturated rings. The number of carbonyl (C=O) groups excluding carboxylic acids is 1. The van der Waals surface area contributed by atoms with Crippen LogP contribution < -0.4 is 10.5 Å². The van der Waals surface area contributed by atoms with E-state index in [4.69, 9.17) is 10.5 Å². The van der Waals surface area contributed by atoms with Crippen molar-refractivity contribution in [3.8, 4) is 5.75 Å². The third-order valence-corrected chi connectivity index (χ3v) is 5.70. The summed E-state index contributed by atoms with van der Waals surface area (Å²) >= 11 is 8.13. The first-order chi connectivity index (χ1) is 9.02. The molecule has 1 aromatic heterocycles. The van der Waals surface area contributed by atoms with E-state index in [0.29, 0.717) is 28.5 Å². The number of anilines is 1. The highest BCUT2D eigenvalue weighted by Crippen LogP contribution is 2.34. The molecule has 0 spiro atoms. The molecule has 0 aliphatic rings. The molecule has 0 bridgehead atoms. The SMILES string of the molecule is CCOc1ccc(C(=O)c2cc(Br)c(Br)s2)cc1N. The fraction of sp³-hybridized carbons (Fsp3) is 0.154. The van der Waals surface area contributed by atoms with Crippen LogP contribution in [0.5, 0.6) is 5.75 Å². The quantitative estimate of drug-likeness (QED) is 0.603. The molecular formula is C13H11Br2NO2S. The Bertz CT molecular complexity index is 606. The van der Waals surface area contributed by atoms with E-state index in [1.54, 1.807) is 24.3 Å². The highest BCUT2D eigenvalue weighted by atomic mass is 79.9. The van der Waals surface area contributed by atoms with Crippen molar-refractivity contribution in [2.24, 2.45) is 0 Å². The number of hydrogen-bond donors (Lipinski definition) is 1. The van der Waals surface area contributed by atoms with Gasteiger partial charge in [-0.1, -0.05) is 0 Å². The van der Waals surface area contributed by atoms with Gasteiger partial charge in [-0.15, -0.1) is 11.3 Å². The molecule has 0 radical (unpaired) electrons. The number of ketones is 1. The lowest BCUT2D eigenvalue weighted by Crippen LogP contribution is -2.02. The second-order valence-corrected chi connectivity index (χ2v) is 6.97. The van der Waals surface area contributed by atoms with Gasteiger partial charge in [-0.25, -0.2) is 0 Å². The van der Waals surface area contributed by atoms with Gasteiger partial charge in [0.05, 0.1) is 21.0 Å². The van der Waals surface area contributed by atoms with Crippen LogP contribution in [0.4, 0.5) is 5.69 Å². The van der Waals surface area contributed by atoms with E-state index in [1.807, 2.05) is 6.92 Å². The normalized spacial score (nSPS) is 10.5. The summed E-state index contributed by atoms with van der Waals surface area (Å²) in [6.07, 6.45) is 0. The zero-order chi connectivity index (χ0) is 14.0. The van der Waals surface area contributed by atoms with Crippen LogP contribution in [0.3, 0.4) is 0 Å². The number of halogens is 2. The van der Waals surface area contributed by atoms with Gasteiger partial charge in [-0.05, 0) is 63.0 Å². The van der Waals surface area contributed by atoms with Gasteiger partial charge >= 0.3 is 0 Å². The summed E-state index contributed by atoms with van der Waals surface area (Å²) in [6, 6.07) is 6.90. The van der Waals surface area contributed by atoms with Crippen LogP contribution in [0.1, 0.15) is 22.2 Å². The number of benzene rings is 1. The van der Waals surface area contributed by atoms with E-state index in [2.05, 4.69) is 31.9 Å². The Kier molecular flexibility index (Phi) is 4.65. The van der Waals surface area contributed by atoms with Crippen LogP contribution >= 0.6 is 43.2 Å². The molecule has 0 aliphatic heterocycles. The molecule has 1 aromatic carbocycles. The van der Waals surface area contributed by atoms with Gasteiger partial charge in [0.2, 0.25) is 5.78 Å². The first-order valence-electron chi connectivity index (χ1n) is 5.54. The number of ether oxygens (including phenoxy) is 1. The van der Waals surface area contributed by atoms with E-state index in [1.165, 1.54) is 11.3 Å². The van der Waals surface area contributed by atoms with E-state index >= 15 is 0 Å². The van der Waals surface area contributed by atoms with Gasteiger partial charge in [-0.3, -0.25) is 4.79 Å². The minimum absolute atomic E-state index is 0.0499. The average Bonchev–Trinajstić information content (AvgIpc) is 2.71. The fourth-order valence-electron chi connectivity index (χ4n) is 1.58. The van der Waals surface area contributed by atoms with Crippen LogP contribution in [0, 0.1) is 0 Å². The minimum Gasteiger partial charge on any atom is -0.492 e. The molecule has 2 aromatic rings. The molecule has 19 heavy (non-hydrogen) atoms. The Hall–Kier alpha value is -0.850. The number of thiophene rings is 1. The lowest BCUT2D eigenvalue weighted by Gasteiger charge is -2.07. The maximum Gasteiger partial charge on any atom is 0.203 e. The Morgan fingerprint density at radius 2 is 2.11 bits per heavy atom. The number of nitrogens with two attached hydrogens (primary N) is 1. The van der Waals surface area contributed by atoms with Crippen LogP contribution in [-0.2, 0) is 0 Å². The highest BCUT2D eigenvalue weighted by molar-refractivity contribution is 9.13. The molecule has 0 unspecified atom stereocenters. The van der Waals surface area contributed by atoms with E-state index in [-0.39, 0.29) is 5.78 Å². The molecule has 0 atom stereocenters. The van der Waals surface area contributed by atoms with Gasteiger partial charge in [-0.2, -0.15) is 0 Å². The third-order valence-electron chi connectivity index (χ3n) is 2.44. The molecule has 1 heterocycles. The van der Waals surface area contributed by atoms with Gasteiger partial charge in [0.1, 0.15) is 5.75 Å². The number of rotatable bonds is 4. The zero-order valence-electron chi connectivity index (χ0n) is 10.1. The van der Waals surface area contributed by atoms with Crippen LogP contribution in [0.2, 0.25) is 0 Å². The second kappa shape index (κ2) is 6.07. The number of hydrogen-bond acceptors (Lipinski definition) is 4. The van der Waals surface area contributed by atoms with Crippen molar-refractivity contribution in [2.45, 2.75) is 6.92 Å². The van der Waals surface area contributed by atoms with Gasteiger partial charge < -0.3 is 10.5 Å². The topological polar surface area (TPSA) is 52.3 Å². The predicted molar refractivity (Wildman–Crippen MR) is 85.2 cm³/mol. The van der Waals surface area contributed by atoms with Gasteiger partial charge in [0, 0.05) is 10.0 Å². The Morgan fingerprint density at radius 1 is 1.37 bits per heavy atom. The lowest BCUT2D eigenvalue weighted by atomic mass is 10.1. The molecule has 2 N–H and O–H groups in total. The minimum atomic E-state index is -0.0499.